The molecule has 1 saturated heterocycles. The number of hydrogen-bond donors (Lipinski definition) is 4. The lowest BCUT2D eigenvalue weighted by atomic mass is 10.1. The van der Waals surface area contributed by atoms with Crippen LogP contribution in [0.3, 0.4) is 0 Å². The fourth-order valence-corrected chi connectivity index (χ4v) is 0.982. The summed E-state index contributed by atoms with van der Waals surface area (Å²) in [6, 6.07) is 0. The molecule has 0 saturated carbocycles. The van der Waals surface area contributed by atoms with Crippen LogP contribution in [-0.2, 0) is 9.47 Å². The Hall–Kier alpha value is -0.890. The number of hydrogen-bond acceptors (Lipinski definition) is 6. The summed E-state index contributed by atoms with van der Waals surface area (Å²) in [6.07, 6.45) is -7.33. The van der Waals surface area contributed by atoms with Crippen LogP contribution in [0.4, 0.5) is 4.79 Å². The van der Waals surface area contributed by atoms with Gasteiger partial charge in [0.2, 0.25) is 6.29 Å². The normalized spacial score (nSPS) is 39.9. The van der Waals surface area contributed by atoms with Gasteiger partial charge in [-0.25, -0.2) is 4.79 Å². The van der Waals surface area contributed by atoms with Gasteiger partial charge in [-0.1, -0.05) is 0 Å². The molecule has 0 aromatic carbocycles. The molecule has 13 heavy (non-hydrogen) atoms. The maximum absolute atomic E-state index is 10.0. The van der Waals surface area contributed by atoms with Gasteiger partial charge in [0.05, 0.1) is 6.61 Å². The van der Waals surface area contributed by atoms with E-state index >= 15 is 0 Å². The molecule has 4 atom stereocenters. The number of rotatable bonds is 1. The summed E-state index contributed by atoms with van der Waals surface area (Å²) in [5, 5.41) is 35.4. The van der Waals surface area contributed by atoms with Crippen molar-refractivity contribution in [2.24, 2.45) is 0 Å². The molecule has 0 amide bonds. The Kier molecular flexibility index (Phi) is 3.04. The second kappa shape index (κ2) is 3.88. The Bertz CT molecular complexity index is 193. The molecular weight excluding hydrogens is 184 g/mol. The summed E-state index contributed by atoms with van der Waals surface area (Å²) in [6.45, 7) is -0.282. The van der Waals surface area contributed by atoms with E-state index in [0.29, 0.717) is 0 Å². The smallest absolute Gasteiger partial charge is 0.450 e. The second-order valence-electron chi connectivity index (χ2n) is 2.63. The number of aliphatic hydroxyl groups is 3. The van der Waals surface area contributed by atoms with Gasteiger partial charge in [0.25, 0.3) is 0 Å². The fraction of sp³-hybridized carbons (Fsp3) is 0.833. The minimum atomic E-state index is -1.62. The topological polar surface area (TPSA) is 116 Å². The van der Waals surface area contributed by atoms with Gasteiger partial charge >= 0.3 is 6.16 Å². The molecule has 1 heterocycles. The first-order valence-corrected chi connectivity index (χ1v) is 3.57. The predicted molar refractivity (Wildman–Crippen MR) is 36.9 cm³/mol. The summed E-state index contributed by atoms with van der Waals surface area (Å²) in [5.41, 5.74) is 0. The lowest BCUT2D eigenvalue weighted by Crippen LogP contribution is -2.54. The molecule has 4 unspecified atom stereocenters. The van der Waals surface area contributed by atoms with Crippen molar-refractivity contribution in [3.05, 3.63) is 0 Å². The molecule has 7 heteroatoms. The minimum Gasteiger partial charge on any atom is -0.450 e. The van der Waals surface area contributed by atoms with Gasteiger partial charge in [-0.2, -0.15) is 0 Å². The molecule has 0 aromatic rings. The number of carbonyl (C=O) groups is 1. The summed E-state index contributed by atoms with van der Waals surface area (Å²) < 4.78 is 8.72. The van der Waals surface area contributed by atoms with E-state index in [2.05, 4.69) is 9.47 Å². The summed E-state index contributed by atoms with van der Waals surface area (Å²) in [4.78, 5) is 10.0. The number of carboxylic acid groups (broad SMARTS) is 1. The molecule has 7 nitrogen and oxygen atoms in total. The molecule has 0 radical (unpaired) electrons. The molecule has 0 aromatic heterocycles. The van der Waals surface area contributed by atoms with Gasteiger partial charge in [0, 0.05) is 0 Å². The predicted octanol–water partition coefficient (Wildman–Crippen LogP) is -1.88. The highest BCUT2D eigenvalue weighted by atomic mass is 16.8. The largest absolute Gasteiger partial charge is 0.508 e. The quantitative estimate of drug-likeness (QED) is 0.361. The Morgan fingerprint density at radius 3 is 2.46 bits per heavy atom. The highest BCUT2D eigenvalue weighted by Gasteiger charge is 2.39. The molecule has 1 fully saturated rings. The number of ether oxygens (including phenoxy) is 2. The van der Waals surface area contributed by atoms with Gasteiger partial charge < -0.3 is 29.9 Å². The van der Waals surface area contributed by atoms with Crippen molar-refractivity contribution < 1.29 is 34.7 Å². The van der Waals surface area contributed by atoms with E-state index in [-0.39, 0.29) is 6.61 Å². The molecule has 0 aliphatic carbocycles. The third kappa shape index (κ3) is 2.28. The minimum absolute atomic E-state index is 0.282. The Morgan fingerprint density at radius 1 is 1.31 bits per heavy atom. The van der Waals surface area contributed by atoms with E-state index in [1.54, 1.807) is 0 Å². The van der Waals surface area contributed by atoms with Gasteiger partial charge in [-0.3, -0.25) is 0 Å². The number of aliphatic hydroxyl groups excluding tert-OH is 3. The van der Waals surface area contributed by atoms with Crippen molar-refractivity contribution in [3.63, 3.8) is 0 Å². The van der Waals surface area contributed by atoms with Crippen LogP contribution in [0.5, 0.6) is 0 Å². The Balaban J connectivity index is 2.53. The molecule has 0 bridgehead atoms. The van der Waals surface area contributed by atoms with Crippen LogP contribution >= 0.6 is 0 Å². The molecule has 1 aliphatic heterocycles. The zero-order valence-electron chi connectivity index (χ0n) is 6.53. The van der Waals surface area contributed by atoms with Crippen LogP contribution in [0.15, 0.2) is 0 Å². The maximum Gasteiger partial charge on any atom is 0.508 e. The molecule has 1 rings (SSSR count). The van der Waals surface area contributed by atoms with E-state index in [0.717, 1.165) is 0 Å². The summed E-state index contributed by atoms with van der Waals surface area (Å²) in [7, 11) is 0. The highest BCUT2D eigenvalue weighted by molar-refractivity contribution is 5.57. The van der Waals surface area contributed by atoms with Crippen LogP contribution in [0, 0.1) is 0 Å². The van der Waals surface area contributed by atoms with Crippen LogP contribution in [0.2, 0.25) is 0 Å². The van der Waals surface area contributed by atoms with Gasteiger partial charge in [0.15, 0.2) is 0 Å². The maximum atomic E-state index is 10.0. The monoisotopic (exact) mass is 194 g/mol. The van der Waals surface area contributed by atoms with Crippen molar-refractivity contribution in [1.82, 2.24) is 0 Å². The third-order valence-corrected chi connectivity index (χ3v) is 1.67. The lowest BCUT2D eigenvalue weighted by Gasteiger charge is -2.33. The zero-order valence-corrected chi connectivity index (χ0v) is 6.53. The van der Waals surface area contributed by atoms with E-state index in [1.807, 2.05) is 0 Å². The standard InChI is InChI=1S/C6H10O7/c7-2-1-12-5(13-6(10)11)4(9)3(2)8/h2-5,7-9H,1H2,(H,10,11). The van der Waals surface area contributed by atoms with Crippen molar-refractivity contribution in [2.75, 3.05) is 6.61 Å². The average molecular weight is 194 g/mol. The first kappa shape index (κ1) is 10.2. The van der Waals surface area contributed by atoms with Gasteiger partial charge in [0.1, 0.15) is 18.3 Å². The molecule has 4 N–H and O–H groups in total. The van der Waals surface area contributed by atoms with Crippen molar-refractivity contribution in [2.45, 2.75) is 24.6 Å². The Morgan fingerprint density at radius 2 is 1.92 bits per heavy atom. The van der Waals surface area contributed by atoms with Crippen LogP contribution in [0.25, 0.3) is 0 Å². The Labute approximate surface area is 73.1 Å². The highest BCUT2D eigenvalue weighted by Crippen LogP contribution is 2.16. The molecular formula is C6H10O7. The summed E-state index contributed by atoms with van der Waals surface area (Å²) in [5.74, 6) is 0. The fourth-order valence-electron chi connectivity index (χ4n) is 0.982. The molecule has 76 valence electrons. The van der Waals surface area contributed by atoms with E-state index < -0.39 is 30.8 Å². The zero-order chi connectivity index (χ0) is 10.0. The lowest BCUT2D eigenvalue weighted by molar-refractivity contribution is -0.254. The van der Waals surface area contributed by atoms with Crippen LogP contribution in [0.1, 0.15) is 0 Å². The molecule has 0 spiro atoms. The first-order chi connectivity index (χ1) is 6.02. The molecule has 1 aliphatic rings. The van der Waals surface area contributed by atoms with Gasteiger partial charge in [-0.15, -0.1) is 0 Å². The first-order valence-electron chi connectivity index (χ1n) is 3.57. The SMILES string of the molecule is O=C(O)OC1OCC(O)C(O)C1O. The van der Waals surface area contributed by atoms with Crippen molar-refractivity contribution in [1.29, 1.82) is 0 Å². The van der Waals surface area contributed by atoms with Crippen LogP contribution < -0.4 is 0 Å². The summed E-state index contributed by atoms with van der Waals surface area (Å²) >= 11 is 0. The van der Waals surface area contributed by atoms with E-state index in [1.165, 1.54) is 0 Å². The van der Waals surface area contributed by atoms with E-state index in [4.69, 9.17) is 20.4 Å². The average Bonchev–Trinajstić information content (AvgIpc) is 2.06. The third-order valence-electron chi connectivity index (χ3n) is 1.67. The van der Waals surface area contributed by atoms with Crippen molar-refractivity contribution in [3.8, 4) is 0 Å². The van der Waals surface area contributed by atoms with Gasteiger partial charge in [-0.05, 0) is 0 Å². The van der Waals surface area contributed by atoms with E-state index in [9.17, 15) is 4.79 Å². The van der Waals surface area contributed by atoms with Crippen LogP contribution in [-0.4, -0.2) is 57.8 Å². The second-order valence-corrected chi connectivity index (χ2v) is 2.63. The van der Waals surface area contributed by atoms with Crippen molar-refractivity contribution >= 4 is 6.16 Å².